The van der Waals surface area contributed by atoms with Gasteiger partial charge in [-0.1, -0.05) is 13.0 Å². The van der Waals surface area contributed by atoms with Gasteiger partial charge < -0.3 is 14.8 Å². The Morgan fingerprint density at radius 1 is 1.19 bits per heavy atom. The normalized spacial score (nSPS) is 13.1. The fourth-order valence-corrected chi connectivity index (χ4v) is 1.61. The third kappa shape index (κ3) is 3.29. The molecule has 1 aliphatic rings. The lowest BCUT2D eigenvalue weighted by Crippen LogP contribution is -2.17. The van der Waals surface area contributed by atoms with E-state index in [0.717, 1.165) is 31.0 Å². The second-order valence-corrected chi connectivity index (χ2v) is 3.65. The highest BCUT2D eigenvalue weighted by atomic mass is 35.5. The van der Waals surface area contributed by atoms with Crippen LogP contribution in [0.3, 0.4) is 0 Å². The molecule has 0 spiro atoms. The molecule has 0 fully saturated rings. The van der Waals surface area contributed by atoms with Crippen LogP contribution in [0.1, 0.15) is 18.9 Å². The molecular weight excluding hydrogens is 226 g/mol. The molecule has 1 aromatic carbocycles. The van der Waals surface area contributed by atoms with E-state index in [9.17, 15) is 0 Å². The van der Waals surface area contributed by atoms with E-state index in [4.69, 9.17) is 9.47 Å². The van der Waals surface area contributed by atoms with E-state index in [-0.39, 0.29) is 12.4 Å². The van der Waals surface area contributed by atoms with E-state index < -0.39 is 0 Å². The molecule has 0 aromatic heterocycles. The summed E-state index contributed by atoms with van der Waals surface area (Å²) >= 11 is 0. The average molecular weight is 244 g/mol. The Balaban J connectivity index is 0.00000128. The van der Waals surface area contributed by atoms with Crippen molar-refractivity contribution in [2.75, 3.05) is 19.8 Å². The zero-order valence-corrected chi connectivity index (χ0v) is 10.3. The summed E-state index contributed by atoms with van der Waals surface area (Å²) in [7, 11) is 0. The predicted molar refractivity (Wildman–Crippen MR) is 66.7 cm³/mol. The monoisotopic (exact) mass is 243 g/mol. The van der Waals surface area contributed by atoms with E-state index in [2.05, 4.69) is 24.4 Å². The van der Waals surface area contributed by atoms with Gasteiger partial charge in [0.1, 0.15) is 13.2 Å². The second-order valence-electron chi connectivity index (χ2n) is 3.65. The van der Waals surface area contributed by atoms with Gasteiger partial charge in [0, 0.05) is 6.54 Å². The minimum atomic E-state index is 0. The zero-order chi connectivity index (χ0) is 10.5. The standard InChI is InChI=1S/C12H17NO2.ClH/c1-2-5-13-9-10-3-4-11-12(8-10)15-7-6-14-11;/h3-4,8,13H,2,5-7,9H2,1H3;1H. The van der Waals surface area contributed by atoms with Crippen LogP contribution in [0.2, 0.25) is 0 Å². The first-order valence-electron chi connectivity index (χ1n) is 5.49. The molecule has 0 saturated carbocycles. The van der Waals surface area contributed by atoms with Gasteiger partial charge in [-0.15, -0.1) is 12.4 Å². The molecule has 0 bridgehead atoms. The Labute approximate surface area is 103 Å². The Hall–Kier alpha value is -0.930. The Bertz CT molecular complexity index is 331. The predicted octanol–water partition coefficient (Wildman–Crippen LogP) is 2.38. The molecule has 4 heteroatoms. The van der Waals surface area contributed by atoms with Crippen molar-refractivity contribution in [3.63, 3.8) is 0 Å². The van der Waals surface area contributed by atoms with Crippen molar-refractivity contribution in [1.82, 2.24) is 5.32 Å². The van der Waals surface area contributed by atoms with Gasteiger partial charge >= 0.3 is 0 Å². The summed E-state index contributed by atoms with van der Waals surface area (Å²) < 4.78 is 11.0. The van der Waals surface area contributed by atoms with E-state index in [0.29, 0.717) is 13.2 Å². The van der Waals surface area contributed by atoms with E-state index in [1.807, 2.05) is 6.07 Å². The Kier molecular flexibility index (Phi) is 5.43. The van der Waals surface area contributed by atoms with Crippen LogP contribution in [-0.2, 0) is 6.54 Å². The molecule has 2 rings (SSSR count). The molecule has 0 atom stereocenters. The molecule has 1 heterocycles. The van der Waals surface area contributed by atoms with Crippen molar-refractivity contribution in [3.05, 3.63) is 23.8 Å². The highest BCUT2D eigenvalue weighted by molar-refractivity contribution is 5.85. The highest BCUT2D eigenvalue weighted by Gasteiger charge is 2.10. The maximum Gasteiger partial charge on any atom is 0.161 e. The second kappa shape index (κ2) is 6.61. The summed E-state index contributed by atoms with van der Waals surface area (Å²) in [4.78, 5) is 0. The fourth-order valence-electron chi connectivity index (χ4n) is 1.61. The number of rotatable bonds is 4. The van der Waals surface area contributed by atoms with Crippen molar-refractivity contribution in [1.29, 1.82) is 0 Å². The van der Waals surface area contributed by atoms with Gasteiger partial charge in [-0.2, -0.15) is 0 Å². The molecule has 1 aromatic rings. The highest BCUT2D eigenvalue weighted by Crippen LogP contribution is 2.30. The van der Waals surface area contributed by atoms with Gasteiger partial charge in [-0.05, 0) is 30.7 Å². The van der Waals surface area contributed by atoms with Crippen LogP contribution in [0.5, 0.6) is 11.5 Å². The summed E-state index contributed by atoms with van der Waals surface area (Å²) in [6.07, 6.45) is 1.16. The summed E-state index contributed by atoms with van der Waals surface area (Å²) in [6.45, 7) is 5.41. The third-order valence-corrected chi connectivity index (χ3v) is 2.36. The first kappa shape index (κ1) is 13.1. The quantitative estimate of drug-likeness (QED) is 0.824. The molecule has 1 aliphatic heterocycles. The maximum atomic E-state index is 5.52. The van der Waals surface area contributed by atoms with Crippen LogP contribution in [-0.4, -0.2) is 19.8 Å². The van der Waals surface area contributed by atoms with Crippen LogP contribution in [0.25, 0.3) is 0 Å². The van der Waals surface area contributed by atoms with E-state index in [1.54, 1.807) is 0 Å². The maximum absolute atomic E-state index is 5.52. The first-order valence-corrected chi connectivity index (χ1v) is 5.49. The molecule has 0 unspecified atom stereocenters. The number of fused-ring (bicyclic) bond motifs is 1. The van der Waals surface area contributed by atoms with E-state index >= 15 is 0 Å². The number of nitrogens with one attached hydrogen (secondary N) is 1. The summed E-state index contributed by atoms with van der Waals surface area (Å²) in [5.41, 5.74) is 1.24. The lowest BCUT2D eigenvalue weighted by atomic mass is 10.2. The Morgan fingerprint density at radius 2 is 1.94 bits per heavy atom. The molecule has 3 nitrogen and oxygen atoms in total. The molecule has 16 heavy (non-hydrogen) atoms. The molecule has 90 valence electrons. The molecular formula is C12H18ClNO2. The van der Waals surface area contributed by atoms with E-state index in [1.165, 1.54) is 5.56 Å². The summed E-state index contributed by atoms with van der Waals surface area (Å²) in [5, 5.41) is 3.36. The minimum absolute atomic E-state index is 0. The van der Waals surface area contributed by atoms with Crippen LogP contribution in [0, 0.1) is 0 Å². The summed E-state index contributed by atoms with van der Waals surface area (Å²) in [5.74, 6) is 1.73. The van der Waals surface area contributed by atoms with Crippen LogP contribution < -0.4 is 14.8 Å². The molecule has 0 amide bonds. The SMILES string of the molecule is CCCNCc1ccc2c(c1)OCCO2.Cl. The van der Waals surface area contributed by atoms with Gasteiger partial charge in [0.25, 0.3) is 0 Å². The van der Waals surface area contributed by atoms with Gasteiger partial charge in [-0.3, -0.25) is 0 Å². The Morgan fingerprint density at radius 3 is 2.69 bits per heavy atom. The van der Waals surface area contributed by atoms with Crippen LogP contribution in [0.4, 0.5) is 0 Å². The van der Waals surface area contributed by atoms with Gasteiger partial charge in [0.15, 0.2) is 11.5 Å². The lowest BCUT2D eigenvalue weighted by Gasteiger charge is -2.18. The molecule has 0 radical (unpaired) electrons. The van der Waals surface area contributed by atoms with Crippen molar-refractivity contribution in [3.8, 4) is 11.5 Å². The largest absolute Gasteiger partial charge is 0.486 e. The van der Waals surface area contributed by atoms with Crippen molar-refractivity contribution in [2.24, 2.45) is 0 Å². The van der Waals surface area contributed by atoms with Gasteiger partial charge in [-0.25, -0.2) is 0 Å². The lowest BCUT2D eigenvalue weighted by molar-refractivity contribution is 0.171. The third-order valence-electron chi connectivity index (χ3n) is 2.36. The molecule has 0 saturated heterocycles. The van der Waals surface area contributed by atoms with Gasteiger partial charge in [0.05, 0.1) is 0 Å². The molecule has 1 N–H and O–H groups in total. The number of ether oxygens (including phenoxy) is 2. The fraction of sp³-hybridized carbons (Fsp3) is 0.500. The van der Waals surface area contributed by atoms with Gasteiger partial charge in [0.2, 0.25) is 0 Å². The topological polar surface area (TPSA) is 30.5 Å². The van der Waals surface area contributed by atoms with Crippen LogP contribution >= 0.6 is 12.4 Å². The number of halogens is 1. The number of benzene rings is 1. The zero-order valence-electron chi connectivity index (χ0n) is 9.49. The first-order chi connectivity index (χ1) is 7.40. The number of hydrogen-bond donors (Lipinski definition) is 1. The molecule has 0 aliphatic carbocycles. The van der Waals surface area contributed by atoms with Crippen LogP contribution in [0.15, 0.2) is 18.2 Å². The van der Waals surface area contributed by atoms with Crippen molar-refractivity contribution in [2.45, 2.75) is 19.9 Å². The smallest absolute Gasteiger partial charge is 0.161 e. The van der Waals surface area contributed by atoms with Crippen molar-refractivity contribution >= 4 is 12.4 Å². The summed E-state index contributed by atoms with van der Waals surface area (Å²) in [6, 6.07) is 6.12. The number of hydrogen-bond acceptors (Lipinski definition) is 3. The van der Waals surface area contributed by atoms with Crippen molar-refractivity contribution < 1.29 is 9.47 Å². The minimum Gasteiger partial charge on any atom is -0.486 e. The average Bonchev–Trinajstić information content (AvgIpc) is 2.29.